The Morgan fingerprint density at radius 2 is 1.84 bits per heavy atom. The van der Waals surface area contributed by atoms with Crippen molar-refractivity contribution in [2.45, 2.75) is 9.79 Å². The number of hydrogen-bond donors (Lipinski definition) is 1. The molecule has 0 fully saturated rings. The van der Waals surface area contributed by atoms with Gasteiger partial charge in [0.15, 0.2) is 11.5 Å². The molecule has 2 heterocycles. The molecular formula is C14H11NO3S. The molecule has 0 atom stereocenters. The highest BCUT2D eigenvalue weighted by Crippen LogP contribution is 2.49. The lowest BCUT2D eigenvalue weighted by atomic mass is 10.2. The fourth-order valence-electron chi connectivity index (χ4n) is 2.19. The van der Waals surface area contributed by atoms with E-state index < -0.39 is 0 Å². The molecule has 1 N–H and O–H groups in total. The minimum Gasteiger partial charge on any atom is -0.497 e. The summed E-state index contributed by atoms with van der Waals surface area (Å²) >= 11 is 1.70. The highest BCUT2D eigenvalue weighted by atomic mass is 32.2. The van der Waals surface area contributed by atoms with Gasteiger partial charge in [0.1, 0.15) is 5.75 Å². The van der Waals surface area contributed by atoms with E-state index in [-0.39, 0.29) is 0 Å². The van der Waals surface area contributed by atoms with Crippen molar-refractivity contribution in [3.05, 3.63) is 30.3 Å². The van der Waals surface area contributed by atoms with E-state index in [2.05, 4.69) is 5.32 Å². The van der Waals surface area contributed by atoms with E-state index in [0.717, 1.165) is 38.4 Å². The standard InChI is InChI=1S/C14H11NO3S/c1-16-8-2-3-9-13(4-8)19-14-6-12-11(17-7-18-12)5-10(14)15-9/h2-6,15H,7H2,1H3. The van der Waals surface area contributed by atoms with Crippen LogP contribution in [0.4, 0.5) is 11.4 Å². The van der Waals surface area contributed by atoms with Crippen LogP contribution in [0.25, 0.3) is 0 Å². The highest BCUT2D eigenvalue weighted by molar-refractivity contribution is 7.99. The van der Waals surface area contributed by atoms with Crippen LogP contribution in [0.1, 0.15) is 0 Å². The Balaban J connectivity index is 1.78. The van der Waals surface area contributed by atoms with Crippen LogP contribution in [0, 0.1) is 0 Å². The van der Waals surface area contributed by atoms with Gasteiger partial charge in [0.05, 0.1) is 18.5 Å². The smallest absolute Gasteiger partial charge is 0.231 e. The van der Waals surface area contributed by atoms with Gasteiger partial charge in [-0.3, -0.25) is 0 Å². The van der Waals surface area contributed by atoms with Crippen LogP contribution in [0.5, 0.6) is 17.2 Å². The summed E-state index contributed by atoms with van der Waals surface area (Å²) in [4.78, 5) is 2.27. The van der Waals surface area contributed by atoms with Crippen LogP contribution in [0.2, 0.25) is 0 Å². The first-order valence-corrected chi connectivity index (χ1v) is 6.72. The van der Waals surface area contributed by atoms with Crippen molar-refractivity contribution < 1.29 is 14.2 Å². The molecule has 19 heavy (non-hydrogen) atoms. The topological polar surface area (TPSA) is 39.7 Å². The van der Waals surface area contributed by atoms with E-state index in [1.807, 2.05) is 30.3 Å². The average Bonchev–Trinajstić information content (AvgIpc) is 2.88. The molecular weight excluding hydrogens is 262 g/mol. The maximum Gasteiger partial charge on any atom is 0.231 e. The van der Waals surface area contributed by atoms with E-state index in [0.29, 0.717) is 6.79 Å². The normalized spacial score (nSPS) is 14.4. The molecule has 4 rings (SSSR count). The molecule has 0 amide bonds. The molecule has 0 saturated carbocycles. The number of rotatable bonds is 1. The van der Waals surface area contributed by atoms with Gasteiger partial charge in [0.2, 0.25) is 6.79 Å². The summed E-state index contributed by atoms with van der Waals surface area (Å²) in [6.07, 6.45) is 0. The summed E-state index contributed by atoms with van der Waals surface area (Å²) in [7, 11) is 1.68. The Bertz CT molecular complexity index is 672. The Labute approximate surface area is 114 Å². The van der Waals surface area contributed by atoms with Crippen LogP contribution < -0.4 is 19.5 Å². The largest absolute Gasteiger partial charge is 0.497 e. The lowest BCUT2D eigenvalue weighted by molar-refractivity contribution is 0.174. The van der Waals surface area contributed by atoms with Crippen molar-refractivity contribution in [3.8, 4) is 17.2 Å². The summed E-state index contributed by atoms with van der Waals surface area (Å²) < 4.78 is 16.1. The Morgan fingerprint density at radius 1 is 1.05 bits per heavy atom. The summed E-state index contributed by atoms with van der Waals surface area (Å²) in [6, 6.07) is 10.00. The predicted octanol–water partition coefficient (Wildman–Crippen LogP) is 3.63. The molecule has 2 aliphatic heterocycles. The number of nitrogens with one attached hydrogen (secondary N) is 1. The van der Waals surface area contributed by atoms with Gasteiger partial charge in [-0.05, 0) is 18.2 Å². The second-order valence-electron chi connectivity index (χ2n) is 4.29. The average molecular weight is 273 g/mol. The van der Waals surface area contributed by atoms with E-state index in [1.54, 1.807) is 18.9 Å². The van der Waals surface area contributed by atoms with Crippen molar-refractivity contribution in [1.82, 2.24) is 0 Å². The van der Waals surface area contributed by atoms with Gasteiger partial charge < -0.3 is 19.5 Å². The van der Waals surface area contributed by atoms with Gasteiger partial charge in [-0.25, -0.2) is 0 Å². The van der Waals surface area contributed by atoms with Crippen molar-refractivity contribution in [2.24, 2.45) is 0 Å². The molecule has 4 nitrogen and oxygen atoms in total. The summed E-state index contributed by atoms with van der Waals surface area (Å²) in [5.74, 6) is 2.46. The van der Waals surface area contributed by atoms with Crippen LogP contribution in [-0.4, -0.2) is 13.9 Å². The third-order valence-electron chi connectivity index (χ3n) is 3.15. The molecule has 0 aromatic heterocycles. The second kappa shape index (κ2) is 3.99. The fraction of sp³-hybridized carbons (Fsp3) is 0.143. The minimum absolute atomic E-state index is 0.295. The maximum atomic E-state index is 5.41. The zero-order chi connectivity index (χ0) is 12.8. The molecule has 2 aromatic rings. The number of hydrogen-bond acceptors (Lipinski definition) is 5. The lowest BCUT2D eigenvalue weighted by Gasteiger charge is -2.21. The molecule has 0 bridgehead atoms. The number of anilines is 2. The van der Waals surface area contributed by atoms with Gasteiger partial charge in [0, 0.05) is 21.9 Å². The zero-order valence-electron chi connectivity index (χ0n) is 10.2. The SMILES string of the molecule is COc1ccc2c(c1)Sc1cc3c(cc1N2)OCO3. The minimum atomic E-state index is 0.295. The van der Waals surface area contributed by atoms with Crippen LogP contribution in [0.15, 0.2) is 40.1 Å². The number of ether oxygens (including phenoxy) is 3. The first-order chi connectivity index (χ1) is 9.33. The number of methoxy groups -OCH3 is 1. The van der Waals surface area contributed by atoms with Gasteiger partial charge >= 0.3 is 0 Å². The van der Waals surface area contributed by atoms with E-state index >= 15 is 0 Å². The lowest BCUT2D eigenvalue weighted by Crippen LogP contribution is -2.00. The van der Waals surface area contributed by atoms with E-state index in [1.165, 1.54) is 0 Å². The van der Waals surface area contributed by atoms with Crippen LogP contribution in [-0.2, 0) is 0 Å². The zero-order valence-corrected chi connectivity index (χ0v) is 11.0. The van der Waals surface area contributed by atoms with Crippen molar-refractivity contribution in [3.63, 3.8) is 0 Å². The molecule has 0 aliphatic carbocycles. The van der Waals surface area contributed by atoms with Crippen LogP contribution in [0.3, 0.4) is 0 Å². The molecule has 96 valence electrons. The van der Waals surface area contributed by atoms with Gasteiger partial charge in [-0.2, -0.15) is 0 Å². The quantitative estimate of drug-likeness (QED) is 0.733. The third kappa shape index (κ3) is 1.69. The molecule has 0 radical (unpaired) electrons. The summed E-state index contributed by atoms with van der Waals surface area (Å²) in [6.45, 7) is 0.295. The molecule has 2 aromatic carbocycles. The Morgan fingerprint density at radius 3 is 2.68 bits per heavy atom. The van der Waals surface area contributed by atoms with Crippen molar-refractivity contribution >= 4 is 23.1 Å². The molecule has 0 spiro atoms. The Hall–Kier alpha value is -2.01. The molecule has 5 heteroatoms. The van der Waals surface area contributed by atoms with Crippen molar-refractivity contribution in [2.75, 3.05) is 19.2 Å². The highest BCUT2D eigenvalue weighted by Gasteiger charge is 2.22. The van der Waals surface area contributed by atoms with Gasteiger partial charge in [0.25, 0.3) is 0 Å². The van der Waals surface area contributed by atoms with Gasteiger partial charge in [-0.1, -0.05) is 11.8 Å². The first-order valence-electron chi connectivity index (χ1n) is 5.90. The summed E-state index contributed by atoms with van der Waals surface area (Å²) in [5, 5.41) is 3.41. The fourth-order valence-corrected chi connectivity index (χ4v) is 3.21. The Kier molecular flexibility index (Phi) is 2.29. The first kappa shape index (κ1) is 10.9. The number of fused-ring (bicyclic) bond motifs is 3. The number of benzene rings is 2. The van der Waals surface area contributed by atoms with E-state index in [9.17, 15) is 0 Å². The second-order valence-corrected chi connectivity index (χ2v) is 5.37. The predicted molar refractivity (Wildman–Crippen MR) is 73.0 cm³/mol. The van der Waals surface area contributed by atoms with Crippen LogP contribution >= 0.6 is 11.8 Å². The third-order valence-corrected chi connectivity index (χ3v) is 4.27. The van der Waals surface area contributed by atoms with Gasteiger partial charge in [-0.15, -0.1) is 0 Å². The molecule has 2 aliphatic rings. The summed E-state index contributed by atoms with van der Waals surface area (Å²) in [5.41, 5.74) is 2.13. The molecule has 0 unspecified atom stereocenters. The molecule has 0 saturated heterocycles. The maximum absolute atomic E-state index is 5.41. The monoisotopic (exact) mass is 273 g/mol. The van der Waals surface area contributed by atoms with E-state index in [4.69, 9.17) is 14.2 Å². The van der Waals surface area contributed by atoms with Crippen molar-refractivity contribution in [1.29, 1.82) is 0 Å².